The summed E-state index contributed by atoms with van der Waals surface area (Å²) in [6.45, 7) is 0.0293. The molecule has 0 saturated carbocycles. The SMILES string of the molecule is NC(=O)c1ccc(Br)cc1Oc1ccccc1CCO. The number of carbonyl (C=O) groups excluding carboxylic acids is 1. The fourth-order valence-corrected chi connectivity index (χ4v) is 2.17. The van der Waals surface area contributed by atoms with Gasteiger partial charge in [0.2, 0.25) is 0 Å². The van der Waals surface area contributed by atoms with Crippen LogP contribution in [0.2, 0.25) is 0 Å². The van der Waals surface area contributed by atoms with E-state index in [9.17, 15) is 4.79 Å². The minimum Gasteiger partial charge on any atom is -0.456 e. The van der Waals surface area contributed by atoms with E-state index in [0.717, 1.165) is 10.0 Å². The number of carbonyl (C=O) groups is 1. The minimum atomic E-state index is -0.549. The Bertz CT molecular complexity index is 628. The van der Waals surface area contributed by atoms with E-state index in [4.69, 9.17) is 15.6 Å². The maximum atomic E-state index is 11.4. The van der Waals surface area contributed by atoms with Gasteiger partial charge in [-0.2, -0.15) is 0 Å². The third-order valence-electron chi connectivity index (χ3n) is 2.78. The highest BCUT2D eigenvalue weighted by Gasteiger charge is 2.12. The summed E-state index contributed by atoms with van der Waals surface area (Å²) in [6, 6.07) is 12.4. The lowest BCUT2D eigenvalue weighted by Crippen LogP contribution is -2.12. The number of aliphatic hydroxyl groups is 1. The second-order valence-corrected chi connectivity index (χ2v) is 5.10. The van der Waals surface area contributed by atoms with E-state index in [-0.39, 0.29) is 6.61 Å². The zero-order valence-corrected chi connectivity index (χ0v) is 12.3. The number of ether oxygens (including phenoxy) is 1. The molecule has 0 aliphatic carbocycles. The molecular weight excluding hydrogens is 322 g/mol. The number of halogens is 1. The summed E-state index contributed by atoms with van der Waals surface area (Å²) in [5.74, 6) is 0.437. The Morgan fingerprint density at radius 2 is 1.95 bits per heavy atom. The highest BCUT2D eigenvalue weighted by molar-refractivity contribution is 9.10. The molecule has 0 saturated heterocycles. The van der Waals surface area contributed by atoms with Crippen molar-refractivity contribution in [3.63, 3.8) is 0 Å². The molecule has 2 aromatic carbocycles. The van der Waals surface area contributed by atoms with Crippen LogP contribution in [0.15, 0.2) is 46.9 Å². The van der Waals surface area contributed by atoms with Gasteiger partial charge in [-0.1, -0.05) is 34.1 Å². The number of primary amides is 1. The van der Waals surface area contributed by atoms with Crippen molar-refractivity contribution >= 4 is 21.8 Å². The fraction of sp³-hybridized carbons (Fsp3) is 0.133. The summed E-state index contributed by atoms with van der Waals surface area (Å²) < 4.78 is 6.58. The summed E-state index contributed by atoms with van der Waals surface area (Å²) in [4.78, 5) is 11.4. The Morgan fingerprint density at radius 1 is 1.20 bits per heavy atom. The van der Waals surface area contributed by atoms with Crippen LogP contribution in [0.5, 0.6) is 11.5 Å². The number of para-hydroxylation sites is 1. The summed E-state index contributed by atoms with van der Waals surface area (Å²) in [7, 11) is 0. The highest BCUT2D eigenvalue weighted by Crippen LogP contribution is 2.30. The number of hydrogen-bond donors (Lipinski definition) is 2. The Labute approximate surface area is 125 Å². The molecule has 0 heterocycles. The molecule has 20 heavy (non-hydrogen) atoms. The Balaban J connectivity index is 2.39. The van der Waals surface area contributed by atoms with Crippen LogP contribution < -0.4 is 10.5 Å². The van der Waals surface area contributed by atoms with Crippen LogP contribution in [0.3, 0.4) is 0 Å². The lowest BCUT2D eigenvalue weighted by Gasteiger charge is -2.13. The Hall–Kier alpha value is -1.85. The third-order valence-corrected chi connectivity index (χ3v) is 3.28. The van der Waals surface area contributed by atoms with E-state index in [1.54, 1.807) is 24.3 Å². The zero-order chi connectivity index (χ0) is 14.5. The van der Waals surface area contributed by atoms with Crippen LogP contribution >= 0.6 is 15.9 Å². The number of hydrogen-bond acceptors (Lipinski definition) is 3. The average Bonchev–Trinajstić information content (AvgIpc) is 2.41. The van der Waals surface area contributed by atoms with E-state index in [2.05, 4.69) is 15.9 Å². The predicted molar refractivity (Wildman–Crippen MR) is 80.0 cm³/mol. The van der Waals surface area contributed by atoms with Gasteiger partial charge in [0, 0.05) is 11.1 Å². The van der Waals surface area contributed by atoms with E-state index in [1.165, 1.54) is 0 Å². The third kappa shape index (κ3) is 3.37. The van der Waals surface area contributed by atoms with E-state index in [1.807, 2.05) is 18.2 Å². The van der Waals surface area contributed by atoms with E-state index in [0.29, 0.717) is 23.5 Å². The number of amides is 1. The first-order valence-electron chi connectivity index (χ1n) is 6.08. The summed E-state index contributed by atoms with van der Waals surface area (Å²) in [5, 5.41) is 9.06. The van der Waals surface area contributed by atoms with Crippen LogP contribution in [-0.2, 0) is 6.42 Å². The molecular formula is C15H14BrNO3. The normalized spacial score (nSPS) is 10.3. The number of benzene rings is 2. The molecule has 0 radical (unpaired) electrons. The molecule has 0 aliphatic rings. The van der Waals surface area contributed by atoms with Crippen LogP contribution in [0.25, 0.3) is 0 Å². The fourth-order valence-electron chi connectivity index (χ4n) is 1.83. The van der Waals surface area contributed by atoms with Gasteiger partial charge in [0.05, 0.1) is 5.56 Å². The molecule has 4 nitrogen and oxygen atoms in total. The van der Waals surface area contributed by atoms with E-state index < -0.39 is 5.91 Å². The Morgan fingerprint density at radius 3 is 2.65 bits per heavy atom. The summed E-state index contributed by atoms with van der Waals surface area (Å²) in [5.41, 5.74) is 6.52. The van der Waals surface area contributed by atoms with Crippen molar-refractivity contribution in [2.75, 3.05) is 6.61 Å². The Kier molecular flexibility index (Phi) is 4.76. The van der Waals surface area contributed by atoms with Gasteiger partial charge < -0.3 is 15.6 Å². The van der Waals surface area contributed by atoms with Crippen LogP contribution in [0, 0.1) is 0 Å². The molecule has 0 spiro atoms. The van der Waals surface area contributed by atoms with E-state index >= 15 is 0 Å². The standard InChI is InChI=1S/C15H14BrNO3/c16-11-5-6-12(15(17)19)14(9-11)20-13-4-2-1-3-10(13)7-8-18/h1-6,9,18H,7-8H2,(H2,17,19). The molecule has 2 aromatic rings. The molecule has 0 atom stereocenters. The van der Waals surface area contributed by atoms with Gasteiger partial charge in [-0.3, -0.25) is 4.79 Å². The number of nitrogens with two attached hydrogens (primary N) is 1. The molecule has 3 N–H and O–H groups in total. The van der Waals surface area contributed by atoms with Gasteiger partial charge in [-0.05, 0) is 36.2 Å². The van der Waals surface area contributed by atoms with Gasteiger partial charge in [0.25, 0.3) is 5.91 Å². The number of rotatable bonds is 5. The zero-order valence-electron chi connectivity index (χ0n) is 10.7. The molecule has 0 aromatic heterocycles. The average molecular weight is 336 g/mol. The topological polar surface area (TPSA) is 72.6 Å². The van der Waals surface area contributed by atoms with Crippen molar-refractivity contribution in [2.45, 2.75) is 6.42 Å². The molecule has 104 valence electrons. The van der Waals surface area contributed by atoms with Crippen LogP contribution in [-0.4, -0.2) is 17.6 Å². The second kappa shape index (κ2) is 6.54. The molecule has 2 rings (SSSR count). The second-order valence-electron chi connectivity index (χ2n) is 4.19. The van der Waals surface area contributed by atoms with Crippen molar-refractivity contribution in [3.8, 4) is 11.5 Å². The lowest BCUT2D eigenvalue weighted by atomic mass is 10.1. The van der Waals surface area contributed by atoms with Crippen molar-refractivity contribution in [2.24, 2.45) is 5.73 Å². The number of aliphatic hydroxyl groups excluding tert-OH is 1. The monoisotopic (exact) mass is 335 g/mol. The maximum absolute atomic E-state index is 11.4. The van der Waals surface area contributed by atoms with Gasteiger partial charge in [0.15, 0.2) is 0 Å². The molecule has 0 bridgehead atoms. The first-order valence-corrected chi connectivity index (χ1v) is 6.87. The van der Waals surface area contributed by atoms with Crippen molar-refractivity contribution in [3.05, 3.63) is 58.1 Å². The molecule has 1 amide bonds. The smallest absolute Gasteiger partial charge is 0.252 e. The van der Waals surface area contributed by atoms with Gasteiger partial charge in [0.1, 0.15) is 11.5 Å². The van der Waals surface area contributed by atoms with Gasteiger partial charge in [-0.15, -0.1) is 0 Å². The highest BCUT2D eigenvalue weighted by atomic mass is 79.9. The molecule has 0 fully saturated rings. The largest absolute Gasteiger partial charge is 0.456 e. The van der Waals surface area contributed by atoms with Crippen molar-refractivity contribution < 1.29 is 14.6 Å². The van der Waals surface area contributed by atoms with Gasteiger partial charge >= 0.3 is 0 Å². The minimum absolute atomic E-state index is 0.0293. The lowest BCUT2D eigenvalue weighted by molar-refractivity contribution is 0.0998. The van der Waals surface area contributed by atoms with Crippen molar-refractivity contribution in [1.82, 2.24) is 0 Å². The van der Waals surface area contributed by atoms with Crippen LogP contribution in [0.1, 0.15) is 15.9 Å². The maximum Gasteiger partial charge on any atom is 0.252 e. The summed E-state index contributed by atoms with van der Waals surface area (Å²) in [6.07, 6.45) is 0.482. The quantitative estimate of drug-likeness (QED) is 0.882. The first-order chi connectivity index (χ1) is 9.61. The van der Waals surface area contributed by atoms with Crippen molar-refractivity contribution in [1.29, 1.82) is 0 Å². The predicted octanol–water partition coefficient (Wildman–Crippen LogP) is 2.88. The van der Waals surface area contributed by atoms with Crippen LogP contribution in [0.4, 0.5) is 0 Å². The van der Waals surface area contributed by atoms with Gasteiger partial charge in [-0.25, -0.2) is 0 Å². The summed E-state index contributed by atoms with van der Waals surface area (Å²) >= 11 is 3.34. The molecule has 0 unspecified atom stereocenters. The molecule has 0 aliphatic heterocycles. The molecule has 5 heteroatoms. The first kappa shape index (κ1) is 14.6.